The summed E-state index contributed by atoms with van der Waals surface area (Å²) in [5.74, 6) is 2.30. The molecule has 2 aliphatic rings. The second kappa shape index (κ2) is 43.0. The fraction of sp³-hybridized carbons (Fsp3) is 0.00813. The molecule has 20 aromatic rings. The Morgan fingerprint density at radius 2 is 0.323 bits per heavy atom. The SMILES string of the molecule is C.C1=CN(c2ccccc2)B(c2ccccc2)N(c2ccccc2)B1c1ccccc1.c1ccc(-c2cc(-c3ccccc3)c(-c3ccccc3)cc2-c2ccccc2)cc1.c1ccc(-c2ccc(-c3ccccc3)c(-c3ccccc3)c2-c2ccccc2)cc1.c1ccc(B2N(c3ccccc3)B(c3ccccc3)N(c3ccccc3)B(c3ccccc3)N2c2ccccc2)cc1. The van der Waals surface area contributed by atoms with Crippen molar-refractivity contribution in [2.75, 3.05) is 23.7 Å². The van der Waals surface area contributed by atoms with Crippen molar-refractivity contribution in [3.8, 4) is 89.0 Å². The lowest BCUT2D eigenvalue weighted by molar-refractivity contribution is 1.29. The molecule has 0 bridgehead atoms. The Balaban J connectivity index is 0.000000120. The van der Waals surface area contributed by atoms with Gasteiger partial charge in [0.2, 0.25) is 0 Å². The first-order valence-corrected chi connectivity index (χ1v) is 45.5. The number of hydrogen-bond acceptors (Lipinski definition) is 5. The van der Waals surface area contributed by atoms with E-state index >= 15 is 0 Å². The quantitative estimate of drug-likeness (QED) is 0.0794. The van der Waals surface area contributed by atoms with Crippen molar-refractivity contribution in [2.45, 2.75) is 7.43 Å². The van der Waals surface area contributed by atoms with Crippen molar-refractivity contribution in [2.24, 2.45) is 0 Å². The van der Waals surface area contributed by atoms with Crippen LogP contribution in [-0.2, 0) is 0 Å². The van der Waals surface area contributed by atoms with Gasteiger partial charge in [-0.2, -0.15) is 0 Å². The van der Waals surface area contributed by atoms with Gasteiger partial charge >= 0.3 is 34.8 Å². The lowest BCUT2D eigenvalue weighted by Crippen LogP contribution is -2.86. The number of nitrogens with zero attached hydrogens (tertiary/aromatic N) is 5. The Hall–Kier alpha value is -16.5. The van der Waals surface area contributed by atoms with Gasteiger partial charge in [0.15, 0.2) is 0 Å². The summed E-state index contributed by atoms with van der Waals surface area (Å²) in [7, 11) is 0. The molecular weight excluding hydrogens is 1600 g/mol. The molecule has 0 amide bonds. The zero-order valence-electron chi connectivity index (χ0n) is 73.5. The number of para-hydroxylation sites is 5. The van der Waals surface area contributed by atoms with E-state index in [4.69, 9.17) is 0 Å². The van der Waals surface area contributed by atoms with Crippen molar-refractivity contribution < 1.29 is 0 Å². The van der Waals surface area contributed by atoms with Gasteiger partial charge in [-0.25, -0.2) is 0 Å². The highest BCUT2D eigenvalue weighted by atomic mass is 15.3. The van der Waals surface area contributed by atoms with Crippen molar-refractivity contribution in [1.82, 2.24) is 0 Å². The molecule has 0 atom stereocenters. The monoisotopic (exact) mass is 1700 g/mol. The largest absolute Gasteiger partial charge is 0.430 e. The standard InChI is InChI=1S/C36H30B3N3.2C30H22.C26H22B2N2.CH4/c1-7-19-31(20-8-1)37-40(34-25-13-4-14-26-34)38(32-21-9-2-10-22-32)42(36-29-17-6-18-30-36)39(33-23-11-3-12-24-33)41(37)35-27-15-5-16-28-35;1-5-13-23(14-6-1)27-21-29(25-17-9-3-10-18-25)30(26-19-11-4-12-20-26)22-28(27)24-15-7-2-8-16-24;1-5-13-23(14-6-1)27-21-22-28(24-15-7-2-8-16-24)30(26-19-11-4-12-20-26)29(27)25-17-9-3-10-18-25;1-5-13-23(14-6-1)27-21-22-29(25-17-9-3-10-18-25)28(24-15-7-2-8-16-24)30(27)26-19-11-4-12-20-26;/h1-30H;3*1-22H;1H4. The van der Waals surface area contributed by atoms with Crippen molar-refractivity contribution >= 4 is 90.5 Å². The summed E-state index contributed by atoms with van der Waals surface area (Å²) in [5.41, 5.74) is 32.0. The second-order valence-corrected chi connectivity index (χ2v) is 32.8. The molecule has 0 saturated carbocycles. The van der Waals surface area contributed by atoms with E-state index < -0.39 is 0 Å². The molecule has 22 rings (SSSR count). The highest BCUT2D eigenvalue weighted by Gasteiger charge is 2.56. The summed E-state index contributed by atoms with van der Waals surface area (Å²) in [6.45, 7) is -0.144. The van der Waals surface area contributed by atoms with Crippen LogP contribution in [0.1, 0.15) is 7.43 Å². The third kappa shape index (κ3) is 19.9. The molecule has 0 radical (unpaired) electrons. The van der Waals surface area contributed by atoms with Crippen molar-refractivity contribution in [1.29, 1.82) is 0 Å². The Kier molecular flexibility index (Phi) is 28.2. The normalized spacial score (nSPS) is 12.1. The highest BCUT2D eigenvalue weighted by molar-refractivity contribution is 7.15. The molecule has 0 spiro atoms. The van der Waals surface area contributed by atoms with Crippen LogP contribution in [0.25, 0.3) is 89.0 Å². The van der Waals surface area contributed by atoms with Crippen LogP contribution >= 0.6 is 0 Å². The number of anilines is 5. The van der Waals surface area contributed by atoms with Crippen LogP contribution < -0.4 is 51.0 Å². The zero-order valence-corrected chi connectivity index (χ0v) is 73.5. The van der Waals surface area contributed by atoms with Gasteiger partial charge in [0.1, 0.15) is 0 Å². The van der Waals surface area contributed by atoms with Crippen LogP contribution in [0.5, 0.6) is 0 Å². The maximum atomic E-state index is 2.59. The Morgan fingerprint density at radius 3 is 0.564 bits per heavy atom. The molecule has 0 aromatic heterocycles. The van der Waals surface area contributed by atoms with Gasteiger partial charge in [-0.3, -0.25) is 0 Å². The van der Waals surface area contributed by atoms with E-state index in [1.54, 1.807) is 0 Å². The summed E-state index contributed by atoms with van der Waals surface area (Å²) in [6.07, 6.45) is 2.24. The minimum absolute atomic E-state index is 0. The zero-order chi connectivity index (χ0) is 88.7. The topological polar surface area (TPSA) is 16.2 Å². The predicted octanol–water partition coefficient (Wildman–Crippen LogP) is 27.4. The smallest absolute Gasteiger partial charge is 0.403 e. The fourth-order valence-corrected chi connectivity index (χ4v) is 18.7. The van der Waals surface area contributed by atoms with E-state index in [0.29, 0.717) is 0 Å². The summed E-state index contributed by atoms with van der Waals surface area (Å²) >= 11 is 0. The number of benzene rings is 20. The number of hydrogen-bond donors (Lipinski definition) is 0. The molecule has 5 nitrogen and oxygen atoms in total. The first-order valence-electron chi connectivity index (χ1n) is 45.5. The van der Waals surface area contributed by atoms with Crippen LogP contribution in [0.3, 0.4) is 0 Å². The van der Waals surface area contributed by atoms with E-state index in [1.165, 1.54) is 128 Å². The first-order chi connectivity index (χ1) is 65.6. The highest BCUT2D eigenvalue weighted by Crippen LogP contribution is 2.47. The molecule has 0 N–H and O–H groups in total. The summed E-state index contributed by atoms with van der Waals surface area (Å²) in [6, 6.07) is 203. The van der Waals surface area contributed by atoms with Gasteiger partial charge in [-0.15, -0.1) is 0 Å². The summed E-state index contributed by atoms with van der Waals surface area (Å²) in [4.78, 5) is 2.36. The molecule has 10 heteroatoms. The molecule has 0 aliphatic carbocycles. The third-order valence-corrected chi connectivity index (χ3v) is 24.6. The second-order valence-electron chi connectivity index (χ2n) is 32.8. The van der Waals surface area contributed by atoms with Crippen LogP contribution in [-0.4, -0.2) is 34.8 Å². The average Bonchev–Trinajstić information content (AvgIpc) is 0.714. The van der Waals surface area contributed by atoms with Gasteiger partial charge < -0.3 is 23.7 Å². The average molecular weight is 1700 g/mol. The molecule has 2 aliphatic heterocycles. The summed E-state index contributed by atoms with van der Waals surface area (Å²) in [5, 5.41) is 0. The molecule has 0 unspecified atom stereocenters. The van der Waals surface area contributed by atoms with Crippen LogP contribution in [0, 0.1) is 0 Å². The van der Waals surface area contributed by atoms with Gasteiger partial charge in [-0.1, -0.05) is 516 Å². The number of rotatable bonds is 18. The predicted molar refractivity (Wildman–Crippen MR) is 576 cm³/mol. The van der Waals surface area contributed by atoms with E-state index in [9.17, 15) is 0 Å². The van der Waals surface area contributed by atoms with Gasteiger partial charge in [0.05, 0.1) is 0 Å². The molecular formula is C123H100B5N5. The van der Waals surface area contributed by atoms with Crippen molar-refractivity contribution in [3.05, 3.63) is 582 Å². The Bertz CT molecular complexity index is 6140. The first kappa shape index (κ1) is 87.2. The van der Waals surface area contributed by atoms with Crippen molar-refractivity contribution in [3.63, 3.8) is 0 Å². The molecule has 1 saturated heterocycles. The van der Waals surface area contributed by atoms with Crippen LogP contribution in [0.2, 0.25) is 0 Å². The molecule has 133 heavy (non-hydrogen) atoms. The van der Waals surface area contributed by atoms with E-state index in [1.807, 2.05) is 0 Å². The molecule has 632 valence electrons. The van der Waals surface area contributed by atoms with Crippen LogP contribution in [0.4, 0.5) is 28.4 Å². The van der Waals surface area contributed by atoms with Gasteiger partial charge in [0, 0.05) is 28.4 Å². The fourth-order valence-electron chi connectivity index (χ4n) is 18.7. The molecule has 2 heterocycles. The Labute approximate surface area is 787 Å². The maximum Gasteiger partial charge on any atom is 0.403 e. The van der Waals surface area contributed by atoms with Gasteiger partial charge in [-0.05, 0) is 190 Å². The van der Waals surface area contributed by atoms with E-state index in [0.717, 1.165) is 17.1 Å². The minimum Gasteiger partial charge on any atom is -0.430 e. The maximum absolute atomic E-state index is 2.59. The van der Waals surface area contributed by atoms with Gasteiger partial charge in [0.25, 0.3) is 0 Å². The minimum atomic E-state index is -0.105. The van der Waals surface area contributed by atoms with E-state index in [-0.39, 0.29) is 42.2 Å². The van der Waals surface area contributed by atoms with Crippen LogP contribution in [0.15, 0.2) is 582 Å². The summed E-state index contributed by atoms with van der Waals surface area (Å²) < 4.78 is 10.3. The lowest BCUT2D eigenvalue weighted by Gasteiger charge is -2.57. The third-order valence-electron chi connectivity index (χ3n) is 24.6. The van der Waals surface area contributed by atoms with E-state index in [2.05, 4.69) is 606 Å². The molecule has 20 aromatic carbocycles. The lowest BCUT2D eigenvalue weighted by atomic mass is 9.37. The Morgan fingerprint density at radius 1 is 0.143 bits per heavy atom. The molecule has 1 fully saturated rings.